The summed E-state index contributed by atoms with van der Waals surface area (Å²) < 4.78 is 0. The van der Waals surface area contributed by atoms with Crippen LogP contribution >= 0.6 is 11.3 Å². The van der Waals surface area contributed by atoms with E-state index in [2.05, 4.69) is 20.3 Å². The number of nitrogens with one attached hydrogen (secondary N) is 1. The van der Waals surface area contributed by atoms with E-state index in [4.69, 9.17) is 5.73 Å². The van der Waals surface area contributed by atoms with Crippen LogP contribution in [0.25, 0.3) is 0 Å². The molecule has 0 aromatic carbocycles. The second-order valence-electron chi connectivity index (χ2n) is 6.13. The number of oxime groups is 1. The monoisotopic (exact) mass is 422 g/mol. The maximum Gasteiger partial charge on any atom is 0.354 e. The number of nitrogens with zero attached hydrogens (tertiary/aromatic N) is 4. The number of carbonyl (C=O) groups excluding carboxylic acids is 3. The third kappa shape index (κ3) is 3.69. The minimum atomic E-state index is -1.38. The summed E-state index contributed by atoms with van der Waals surface area (Å²) in [6, 6.07) is -1.03. The maximum atomic E-state index is 12.8. The number of hydrogen-bond acceptors (Lipinski definition) is 10. The molecule has 29 heavy (non-hydrogen) atoms. The van der Waals surface area contributed by atoms with E-state index in [0.29, 0.717) is 0 Å². The summed E-state index contributed by atoms with van der Waals surface area (Å²) in [6.45, 7) is 1.59. The Bertz CT molecular complexity index is 953. The van der Waals surface area contributed by atoms with Crippen molar-refractivity contribution in [3.05, 3.63) is 22.3 Å². The molecule has 0 saturated carbocycles. The zero-order chi connectivity index (χ0) is 21.3. The van der Waals surface area contributed by atoms with E-state index < -0.39 is 23.8 Å². The lowest BCUT2D eigenvalue weighted by molar-refractivity contribution is -0.143. The SMILES string of the molecule is CCC(=O)C1=C(C(=O)O)N2C(=O)C(NC(=O)/C(=N\OC)c3csc(N)n3)CN2C1. The van der Waals surface area contributed by atoms with E-state index in [9.17, 15) is 24.3 Å². The molecule has 1 unspecified atom stereocenters. The number of hydrogen-bond donors (Lipinski definition) is 3. The van der Waals surface area contributed by atoms with E-state index in [1.165, 1.54) is 17.5 Å². The van der Waals surface area contributed by atoms with Crippen LogP contribution in [0, 0.1) is 0 Å². The van der Waals surface area contributed by atoms with Gasteiger partial charge < -0.3 is 21.0 Å². The number of aliphatic carboxylic acids is 1. The number of fused-ring (bicyclic) bond motifs is 1. The molecule has 3 rings (SSSR count). The van der Waals surface area contributed by atoms with Crippen molar-refractivity contribution in [2.24, 2.45) is 5.16 Å². The van der Waals surface area contributed by atoms with Gasteiger partial charge in [0.1, 0.15) is 18.8 Å². The van der Waals surface area contributed by atoms with Crippen molar-refractivity contribution < 1.29 is 29.1 Å². The van der Waals surface area contributed by atoms with Gasteiger partial charge in [0.05, 0.1) is 0 Å². The highest BCUT2D eigenvalue weighted by Gasteiger charge is 2.49. The second kappa shape index (κ2) is 7.97. The molecule has 2 amide bonds. The van der Waals surface area contributed by atoms with Crippen molar-refractivity contribution in [1.29, 1.82) is 0 Å². The Hall–Kier alpha value is -3.32. The van der Waals surface area contributed by atoms with Crippen molar-refractivity contribution in [3.63, 3.8) is 0 Å². The molecule has 2 aliphatic rings. The van der Waals surface area contributed by atoms with Crippen LogP contribution in [0.3, 0.4) is 0 Å². The molecule has 0 aliphatic carbocycles. The highest BCUT2D eigenvalue weighted by atomic mass is 32.1. The third-order valence-corrected chi connectivity index (χ3v) is 5.02. The lowest BCUT2D eigenvalue weighted by Crippen LogP contribution is -2.46. The quantitative estimate of drug-likeness (QED) is 0.367. The molecule has 3 heterocycles. The summed E-state index contributed by atoms with van der Waals surface area (Å²) >= 11 is 1.10. The number of nitrogen functional groups attached to an aromatic ring is 1. The minimum absolute atomic E-state index is 0.00130. The van der Waals surface area contributed by atoms with Crippen LogP contribution in [-0.2, 0) is 24.0 Å². The van der Waals surface area contributed by atoms with Crippen LogP contribution in [0.1, 0.15) is 19.0 Å². The maximum absolute atomic E-state index is 12.8. The standard InChI is InChI=1S/C16H18N6O6S/c1-3-10(23)7-4-21-5-8(14(25)22(21)12(7)15(26)27)18-13(24)11(20-28-2)9-6-29-16(17)19-9/h6,8H,3-5H2,1-2H3,(H2,17,19)(H,18,24)(H,26,27)/b20-11-. The van der Waals surface area contributed by atoms with Gasteiger partial charge >= 0.3 is 5.97 Å². The molecule has 1 saturated heterocycles. The highest BCUT2D eigenvalue weighted by Crippen LogP contribution is 2.30. The fraction of sp³-hybridized carbons (Fsp3) is 0.375. The first-order valence-corrected chi connectivity index (χ1v) is 9.38. The summed E-state index contributed by atoms with van der Waals surface area (Å²) in [5.41, 5.74) is 5.27. The van der Waals surface area contributed by atoms with E-state index in [1.54, 1.807) is 6.92 Å². The average molecular weight is 422 g/mol. The summed E-state index contributed by atoms with van der Waals surface area (Å²) in [7, 11) is 1.25. The zero-order valence-corrected chi connectivity index (χ0v) is 16.4. The zero-order valence-electron chi connectivity index (χ0n) is 15.5. The summed E-state index contributed by atoms with van der Waals surface area (Å²) in [4.78, 5) is 57.8. The number of carboxylic acids is 1. The molecule has 1 aromatic rings. The van der Waals surface area contributed by atoms with Gasteiger partial charge in [-0.05, 0) is 0 Å². The van der Waals surface area contributed by atoms with Crippen molar-refractivity contribution in [2.45, 2.75) is 19.4 Å². The van der Waals surface area contributed by atoms with Crippen LogP contribution in [0.4, 0.5) is 5.13 Å². The predicted molar refractivity (Wildman–Crippen MR) is 100 cm³/mol. The fourth-order valence-corrected chi connectivity index (χ4v) is 3.66. The molecule has 1 fully saturated rings. The molecular formula is C16H18N6O6S. The number of carboxylic acid groups (broad SMARTS) is 1. The van der Waals surface area contributed by atoms with Gasteiger partial charge in [-0.15, -0.1) is 11.3 Å². The fourth-order valence-electron chi connectivity index (χ4n) is 3.11. The van der Waals surface area contributed by atoms with Crippen molar-refractivity contribution in [3.8, 4) is 0 Å². The van der Waals surface area contributed by atoms with Gasteiger partial charge in [0, 0.05) is 30.5 Å². The largest absolute Gasteiger partial charge is 0.477 e. The van der Waals surface area contributed by atoms with Crippen molar-refractivity contribution >= 4 is 45.7 Å². The summed E-state index contributed by atoms with van der Waals surface area (Å²) in [5.74, 6) is -3.13. The van der Waals surface area contributed by atoms with Gasteiger partial charge in [-0.3, -0.25) is 14.4 Å². The number of hydrazine groups is 1. The molecule has 0 radical (unpaired) electrons. The van der Waals surface area contributed by atoms with Crippen LogP contribution in [0.5, 0.6) is 0 Å². The van der Waals surface area contributed by atoms with Gasteiger partial charge in [0.25, 0.3) is 11.8 Å². The van der Waals surface area contributed by atoms with Gasteiger partial charge in [-0.2, -0.15) is 0 Å². The average Bonchev–Trinajstić information content (AvgIpc) is 3.34. The Morgan fingerprint density at radius 3 is 2.76 bits per heavy atom. The molecule has 2 aliphatic heterocycles. The first kappa shape index (κ1) is 20.4. The number of thiazole rings is 1. The number of rotatable bonds is 7. The Morgan fingerprint density at radius 1 is 1.48 bits per heavy atom. The number of Topliss-reactive ketones (excluding diaryl/α,β-unsaturated/α-hetero) is 1. The number of anilines is 1. The summed E-state index contributed by atoms with van der Waals surface area (Å²) in [6.07, 6.45) is 0.121. The van der Waals surface area contributed by atoms with Gasteiger partial charge in [0.15, 0.2) is 22.3 Å². The smallest absolute Gasteiger partial charge is 0.354 e. The first-order valence-electron chi connectivity index (χ1n) is 8.50. The Morgan fingerprint density at radius 2 is 2.21 bits per heavy atom. The van der Waals surface area contributed by atoms with Gasteiger partial charge in [-0.1, -0.05) is 12.1 Å². The molecule has 0 bridgehead atoms. The first-order chi connectivity index (χ1) is 13.8. The third-order valence-electron chi connectivity index (χ3n) is 4.35. The van der Waals surface area contributed by atoms with Crippen LogP contribution in [0.2, 0.25) is 0 Å². The van der Waals surface area contributed by atoms with Gasteiger partial charge in [0.2, 0.25) is 0 Å². The molecule has 4 N–H and O–H groups in total. The number of aromatic nitrogens is 1. The predicted octanol–water partition coefficient (Wildman–Crippen LogP) is -1.05. The topological polar surface area (TPSA) is 168 Å². The van der Waals surface area contributed by atoms with Gasteiger partial charge in [-0.25, -0.2) is 19.8 Å². The molecule has 12 nitrogen and oxygen atoms in total. The number of ketones is 1. The van der Waals surface area contributed by atoms with Crippen molar-refractivity contribution in [2.75, 3.05) is 25.9 Å². The molecule has 0 spiro atoms. The highest BCUT2D eigenvalue weighted by molar-refractivity contribution is 7.13. The number of nitrogens with two attached hydrogens (primary N) is 1. The molecular weight excluding hydrogens is 404 g/mol. The minimum Gasteiger partial charge on any atom is -0.477 e. The second-order valence-corrected chi connectivity index (χ2v) is 7.02. The molecule has 1 aromatic heterocycles. The normalized spacial score (nSPS) is 19.5. The molecule has 154 valence electrons. The van der Waals surface area contributed by atoms with Crippen LogP contribution in [-0.4, -0.2) is 75.6 Å². The van der Waals surface area contributed by atoms with E-state index in [0.717, 1.165) is 16.3 Å². The Balaban J connectivity index is 1.81. The number of amides is 2. The van der Waals surface area contributed by atoms with Crippen LogP contribution in [0.15, 0.2) is 21.8 Å². The molecule has 13 heteroatoms. The Kier molecular flexibility index (Phi) is 5.61. The molecule has 1 atom stereocenters. The lowest BCUT2D eigenvalue weighted by atomic mass is 10.1. The number of carbonyl (C=O) groups is 4. The van der Waals surface area contributed by atoms with E-state index in [-0.39, 0.29) is 53.1 Å². The lowest BCUT2D eigenvalue weighted by Gasteiger charge is -2.19. The van der Waals surface area contributed by atoms with Crippen molar-refractivity contribution in [1.82, 2.24) is 20.3 Å². The van der Waals surface area contributed by atoms with Crippen LogP contribution < -0.4 is 11.1 Å². The van der Waals surface area contributed by atoms with E-state index >= 15 is 0 Å². The Labute approximate surface area is 168 Å². The van der Waals surface area contributed by atoms with E-state index in [1.807, 2.05) is 0 Å². The summed E-state index contributed by atoms with van der Waals surface area (Å²) in [5, 5.41) is 19.7.